The highest BCUT2D eigenvalue weighted by Crippen LogP contribution is 2.39. The summed E-state index contributed by atoms with van der Waals surface area (Å²) >= 11 is 0. The molecule has 1 fully saturated rings. The number of aliphatic carboxylic acids is 1. The Balaban J connectivity index is 1.83. The number of rotatable bonds is 8. The molecule has 1 amide bonds. The number of aromatic amines is 1. The molecule has 0 atom stereocenters. The summed E-state index contributed by atoms with van der Waals surface area (Å²) in [7, 11) is 3.06. The fourth-order valence-corrected chi connectivity index (χ4v) is 2.75. The SMILES string of the molecule is COc1cc(CN(CC(=O)O)C(=O)c2cc(C3CC3)[nH]n2)cc(OC)c1. The van der Waals surface area contributed by atoms with Crippen LogP contribution in [-0.2, 0) is 11.3 Å². The Morgan fingerprint density at radius 2 is 1.85 bits per heavy atom. The summed E-state index contributed by atoms with van der Waals surface area (Å²) in [6.45, 7) is -0.325. The van der Waals surface area contributed by atoms with Gasteiger partial charge in [-0.3, -0.25) is 14.7 Å². The molecule has 2 N–H and O–H groups in total. The first-order valence-corrected chi connectivity index (χ1v) is 8.28. The predicted octanol–water partition coefficient (Wildman–Crippen LogP) is 2.03. The summed E-state index contributed by atoms with van der Waals surface area (Å²) in [5, 5.41) is 16.1. The number of carboxylic acids is 1. The van der Waals surface area contributed by atoms with E-state index >= 15 is 0 Å². The molecule has 0 radical (unpaired) electrons. The van der Waals surface area contributed by atoms with Gasteiger partial charge in [0.15, 0.2) is 0 Å². The molecule has 26 heavy (non-hydrogen) atoms. The number of carbonyl (C=O) groups excluding carboxylic acids is 1. The quantitative estimate of drug-likeness (QED) is 0.747. The van der Waals surface area contributed by atoms with Crippen LogP contribution >= 0.6 is 0 Å². The Hall–Kier alpha value is -3.03. The smallest absolute Gasteiger partial charge is 0.323 e. The molecule has 8 heteroatoms. The van der Waals surface area contributed by atoms with Crippen LogP contribution in [-0.4, -0.2) is 52.8 Å². The molecule has 1 aromatic heterocycles. The van der Waals surface area contributed by atoms with Crippen LogP contribution in [0.2, 0.25) is 0 Å². The number of carbonyl (C=O) groups is 2. The summed E-state index contributed by atoms with van der Waals surface area (Å²) in [5.74, 6) is 0.0406. The summed E-state index contributed by atoms with van der Waals surface area (Å²) in [6, 6.07) is 6.90. The predicted molar refractivity (Wildman–Crippen MR) is 92.5 cm³/mol. The first-order chi connectivity index (χ1) is 12.5. The Morgan fingerprint density at radius 1 is 1.19 bits per heavy atom. The third-order valence-electron chi connectivity index (χ3n) is 4.23. The van der Waals surface area contributed by atoms with Crippen molar-refractivity contribution in [3.05, 3.63) is 41.2 Å². The topological polar surface area (TPSA) is 105 Å². The van der Waals surface area contributed by atoms with Crippen molar-refractivity contribution in [3.63, 3.8) is 0 Å². The maximum absolute atomic E-state index is 12.8. The number of amides is 1. The lowest BCUT2D eigenvalue weighted by molar-refractivity contribution is -0.137. The molecular formula is C18H21N3O5. The first-order valence-electron chi connectivity index (χ1n) is 8.28. The Kier molecular flexibility index (Phi) is 5.11. The second-order valence-electron chi connectivity index (χ2n) is 6.26. The molecule has 1 aliphatic rings. The Morgan fingerprint density at radius 3 is 2.38 bits per heavy atom. The molecule has 3 rings (SSSR count). The van der Waals surface area contributed by atoms with E-state index in [1.165, 1.54) is 19.1 Å². The van der Waals surface area contributed by atoms with Crippen molar-refractivity contribution in [2.45, 2.75) is 25.3 Å². The summed E-state index contributed by atoms with van der Waals surface area (Å²) in [5.41, 5.74) is 1.85. The van der Waals surface area contributed by atoms with Gasteiger partial charge in [0.2, 0.25) is 0 Å². The van der Waals surface area contributed by atoms with Gasteiger partial charge in [-0.25, -0.2) is 0 Å². The molecule has 1 saturated carbocycles. The van der Waals surface area contributed by atoms with Crippen molar-refractivity contribution in [2.24, 2.45) is 0 Å². The van der Waals surface area contributed by atoms with Crippen molar-refractivity contribution < 1.29 is 24.2 Å². The van der Waals surface area contributed by atoms with Crippen LogP contribution in [0.3, 0.4) is 0 Å². The maximum atomic E-state index is 12.8. The van der Waals surface area contributed by atoms with Crippen LogP contribution in [0.1, 0.15) is 40.5 Å². The minimum absolute atomic E-state index is 0.102. The molecule has 138 valence electrons. The van der Waals surface area contributed by atoms with Gasteiger partial charge in [-0.2, -0.15) is 5.10 Å². The Labute approximate surface area is 150 Å². The highest BCUT2D eigenvalue weighted by atomic mass is 16.5. The molecule has 0 bridgehead atoms. The van der Waals surface area contributed by atoms with Gasteiger partial charge in [-0.15, -0.1) is 0 Å². The fraction of sp³-hybridized carbons (Fsp3) is 0.389. The molecule has 0 aliphatic heterocycles. The molecular weight excluding hydrogens is 338 g/mol. The van der Waals surface area contributed by atoms with E-state index in [1.807, 2.05) is 0 Å². The van der Waals surface area contributed by atoms with E-state index < -0.39 is 18.4 Å². The van der Waals surface area contributed by atoms with Crippen molar-refractivity contribution in [2.75, 3.05) is 20.8 Å². The number of hydrogen-bond acceptors (Lipinski definition) is 5. The third kappa shape index (κ3) is 4.14. The van der Waals surface area contributed by atoms with E-state index in [0.29, 0.717) is 23.0 Å². The summed E-state index contributed by atoms with van der Waals surface area (Å²) in [4.78, 5) is 25.2. The van der Waals surface area contributed by atoms with Crippen LogP contribution in [0.4, 0.5) is 0 Å². The fourth-order valence-electron chi connectivity index (χ4n) is 2.75. The number of aromatic nitrogens is 2. The first kappa shape index (κ1) is 17.8. The molecule has 2 aromatic rings. The van der Waals surface area contributed by atoms with Crippen molar-refractivity contribution in [3.8, 4) is 11.5 Å². The molecule has 1 aromatic carbocycles. The van der Waals surface area contributed by atoms with E-state index in [2.05, 4.69) is 10.2 Å². The second kappa shape index (κ2) is 7.47. The van der Waals surface area contributed by atoms with Crippen LogP contribution in [0.5, 0.6) is 11.5 Å². The van der Waals surface area contributed by atoms with E-state index in [-0.39, 0.29) is 12.2 Å². The number of nitrogens with zero attached hydrogens (tertiary/aromatic N) is 2. The monoisotopic (exact) mass is 359 g/mol. The average molecular weight is 359 g/mol. The van der Waals surface area contributed by atoms with Crippen molar-refractivity contribution in [1.29, 1.82) is 0 Å². The number of benzene rings is 1. The molecule has 8 nitrogen and oxygen atoms in total. The average Bonchev–Trinajstić information content (AvgIpc) is 3.36. The highest BCUT2D eigenvalue weighted by Gasteiger charge is 2.28. The zero-order valence-electron chi connectivity index (χ0n) is 14.7. The van der Waals surface area contributed by atoms with Gasteiger partial charge in [-0.05, 0) is 36.6 Å². The number of H-pyrrole nitrogens is 1. The summed E-state index contributed by atoms with van der Waals surface area (Å²) in [6.07, 6.45) is 2.16. The van der Waals surface area contributed by atoms with E-state index in [9.17, 15) is 14.7 Å². The lowest BCUT2D eigenvalue weighted by Crippen LogP contribution is -2.35. The second-order valence-corrected chi connectivity index (χ2v) is 6.26. The Bertz CT molecular complexity index is 791. The normalized spacial score (nSPS) is 13.3. The van der Waals surface area contributed by atoms with E-state index in [0.717, 1.165) is 18.5 Å². The van der Waals surface area contributed by atoms with Gasteiger partial charge in [0, 0.05) is 24.2 Å². The number of hydrogen-bond donors (Lipinski definition) is 2. The van der Waals surface area contributed by atoms with Crippen LogP contribution in [0.25, 0.3) is 0 Å². The largest absolute Gasteiger partial charge is 0.497 e. The third-order valence-corrected chi connectivity index (χ3v) is 4.23. The van der Waals surface area contributed by atoms with Gasteiger partial charge in [0.05, 0.1) is 14.2 Å². The van der Waals surface area contributed by atoms with E-state index in [4.69, 9.17) is 9.47 Å². The van der Waals surface area contributed by atoms with Gasteiger partial charge < -0.3 is 19.5 Å². The molecule has 0 unspecified atom stereocenters. The van der Waals surface area contributed by atoms with Crippen LogP contribution in [0, 0.1) is 0 Å². The molecule has 1 aliphatic carbocycles. The molecule has 0 spiro atoms. The van der Waals surface area contributed by atoms with Gasteiger partial charge in [0.1, 0.15) is 23.7 Å². The molecule has 1 heterocycles. The number of ether oxygens (including phenoxy) is 2. The summed E-state index contributed by atoms with van der Waals surface area (Å²) < 4.78 is 10.4. The van der Waals surface area contributed by atoms with Gasteiger partial charge in [-0.1, -0.05) is 0 Å². The number of nitrogens with one attached hydrogen (secondary N) is 1. The minimum Gasteiger partial charge on any atom is -0.497 e. The highest BCUT2D eigenvalue weighted by molar-refractivity contribution is 5.94. The zero-order valence-corrected chi connectivity index (χ0v) is 14.7. The van der Waals surface area contributed by atoms with Crippen molar-refractivity contribution >= 4 is 11.9 Å². The lowest BCUT2D eigenvalue weighted by Gasteiger charge is -2.20. The van der Waals surface area contributed by atoms with Crippen LogP contribution in [0.15, 0.2) is 24.3 Å². The maximum Gasteiger partial charge on any atom is 0.323 e. The lowest BCUT2D eigenvalue weighted by atomic mass is 10.1. The molecule has 0 saturated heterocycles. The zero-order chi connectivity index (χ0) is 18.7. The standard InChI is InChI=1S/C18H21N3O5/c1-25-13-5-11(6-14(7-13)26-2)9-21(10-17(22)23)18(24)16-8-15(19-20-16)12-3-4-12/h5-8,12H,3-4,9-10H2,1-2H3,(H,19,20)(H,22,23). The van der Waals surface area contributed by atoms with E-state index in [1.54, 1.807) is 24.3 Å². The van der Waals surface area contributed by atoms with Crippen molar-refractivity contribution in [1.82, 2.24) is 15.1 Å². The van der Waals surface area contributed by atoms with Crippen LogP contribution < -0.4 is 9.47 Å². The minimum atomic E-state index is -1.09. The number of carboxylic acid groups (broad SMARTS) is 1. The van der Waals surface area contributed by atoms with Gasteiger partial charge in [0.25, 0.3) is 5.91 Å². The number of methoxy groups -OCH3 is 2. The van der Waals surface area contributed by atoms with Gasteiger partial charge >= 0.3 is 5.97 Å².